The molecule has 0 radical (unpaired) electrons. The standard InChI is InChI=1S/C16H26N2O2/c1-12(2)16(4,20)11-18-15(19)17-10-9-14-8-6-5-7-13(14)3/h5-8,12,20H,9-11H2,1-4H3,(H2,17,18,19). The van der Waals surface area contributed by atoms with Gasteiger partial charge in [0.15, 0.2) is 0 Å². The van der Waals surface area contributed by atoms with Crippen LogP contribution in [0.1, 0.15) is 31.9 Å². The van der Waals surface area contributed by atoms with E-state index in [1.807, 2.05) is 26.0 Å². The molecule has 2 amide bonds. The number of hydrogen-bond acceptors (Lipinski definition) is 2. The molecular weight excluding hydrogens is 252 g/mol. The van der Waals surface area contributed by atoms with Crippen LogP contribution in [0.3, 0.4) is 0 Å². The highest BCUT2D eigenvalue weighted by atomic mass is 16.3. The molecule has 1 rings (SSSR count). The van der Waals surface area contributed by atoms with E-state index in [1.54, 1.807) is 6.92 Å². The zero-order valence-corrected chi connectivity index (χ0v) is 12.9. The number of nitrogens with one attached hydrogen (secondary N) is 2. The minimum Gasteiger partial charge on any atom is -0.388 e. The molecule has 0 aliphatic heterocycles. The van der Waals surface area contributed by atoms with Crippen molar-refractivity contribution in [3.63, 3.8) is 0 Å². The van der Waals surface area contributed by atoms with Crippen molar-refractivity contribution in [2.24, 2.45) is 5.92 Å². The average molecular weight is 278 g/mol. The van der Waals surface area contributed by atoms with Crippen LogP contribution < -0.4 is 10.6 Å². The van der Waals surface area contributed by atoms with Gasteiger partial charge in [0, 0.05) is 13.1 Å². The minimum atomic E-state index is -0.882. The Morgan fingerprint density at radius 2 is 1.95 bits per heavy atom. The lowest BCUT2D eigenvalue weighted by atomic mass is 9.93. The van der Waals surface area contributed by atoms with Crippen molar-refractivity contribution in [2.75, 3.05) is 13.1 Å². The predicted molar refractivity (Wildman–Crippen MR) is 81.7 cm³/mol. The molecule has 112 valence electrons. The van der Waals surface area contributed by atoms with Crippen molar-refractivity contribution < 1.29 is 9.90 Å². The molecule has 0 aliphatic rings. The molecule has 0 saturated carbocycles. The van der Waals surface area contributed by atoms with Gasteiger partial charge in [0.25, 0.3) is 0 Å². The summed E-state index contributed by atoms with van der Waals surface area (Å²) in [5.41, 5.74) is 1.59. The summed E-state index contributed by atoms with van der Waals surface area (Å²) in [7, 11) is 0. The Morgan fingerprint density at radius 3 is 2.55 bits per heavy atom. The molecule has 0 spiro atoms. The second-order valence-electron chi connectivity index (χ2n) is 5.80. The van der Waals surface area contributed by atoms with Gasteiger partial charge in [0.2, 0.25) is 0 Å². The van der Waals surface area contributed by atoms with Crippen LogP contribution in [-0.4, -0.2) is 29.8 Å². The summed E-state index contributed by atoms with van der Waals surface area (Å²) in [5, 5.41) is 15.6. The second kappa shape index (κ2) is 7.29. The quantitative estimate of drug-likeness (QED) is 0.747. The van der Waals surface area contributed by atoms with E-state index < -0.39 is 5.60 Å². The fourth-order valence-electron chi connectivity index (χ4n) is 1.73. The number of amides is 2. The highest BCUT2D eigenvalue weighted by Gasteiger charge is 2.25. The van der Waals surface area contributed by atoms with E-state index in [1.165, 1.54) is 11.1 Å². The summed E-state index contributed by atoms with van der Waals surface area (Å²) in [5.74, 6) is 0.0924. The monoisotopic (exact) mass is 278 g/mol. The van der Waals surface area contributed by atoms with Gasteiger partial charge in [-0.2, -0.15) is 0 Å². The Balaban J connectivity index is 2.29. The van der Waals surface area contributed by atoms with Gasteiger partial charge in [-0.3, -0.25) is 0 Å². The van der Waals surface area contributed by atoms with Crippen LogP contribution in [0.15, 0.2) is 24.3 Å². The smallest absolute Gasteiger partial charge is 0.314 e. The van der Waals surface area contributed by atoms with Crippen LogP contribution in [0, 0.1) is 12.8 Å². The zero-order valence-electron chi connectivity index (χ0n) is 12.9. The van der Waals surface area contributed by atoms with Gasteiger partial charge in [-0.15, -0.1) is 0 Å². The molecule has 4 nitrogen and oxygen atoms in total. The molecule has 1 aromatic carbocycles. The molecule has 0 bridgehead atoms. The van der Waals surface area contributed by atoms with Gasteiger partial charge in [0.1, 0.15) is 0 Å². The van der Waals surface area contributed by atoms with E-state index >= 15 is 0 Å². The number of carbonyl (C=O) groups excluding carboxylic acids is 1. The summed E-state index contributed by atoms with van der Waals surface area (Å²) in [4.78, 5) is 11.7. The molecule has 1 unspecified atom stereocenters. The number of benzene rings is 1. The largest absolute Gasteiger partial charge is 0.388 e. The molecule has 20 heavy (non-hydrogen) atoms. The highest BCUT2D eigenvalue weighted by Crippen LogP contribution is 2.14. The second-order valence-corrected chi connectivity index (χ2v) is 5.80. The fourth-order valence-corrected chi connectivity index (χ4v) is 1.73. The van der Waals surface area contributed by atoms with Gasteiger partial charge in [0.05, 0.1) is 5.60 Å². The number of rotatable bonds is 6. The Bertz CT molecular complexity index is 442. The summed E-state index contributed by atoms with van der Waals surface area (Å²) < 4.78 is 0. The van der Waals surface area contributed by atoms with E-state index in [-0.39, 0.29) is 18.5 Å². The number of urea groups is 1. The maximum Gasteiger partial charge on any atom is 0.314 e. The molecule has 1 aromatic rings. The number of aryl methyl sites for hydroxylation is 1. The van der Waals surface area contributed by atoms with Crippen molar-refractivity contribution in [3.8, 4) is 0 Å². The van der Waals surface area contributed by atoms with Crippen LogP contribution in [0.4, 0.5) is 4.79 Å². The van der Waals surface area contributed by atoms with Crippen molar-refractivity contribution in [1.29, 1.82) is 0 Å². The molecule has 3 N–H and O–H groups in total. The van der Waals surface area contributed by atoms with Gasteiger partial charge >= 0.3 is 6.03 Å². The minimum absolute atomic E-state index is 0.0924. The Hall–Kier alpha value is -1.55. The van der Waals surface area contributed by atoms with Crippen LogP contribution in [0.2, 0.25) is 0 Å². The van der Waals surface area contributed by atoms with E-state index in [0.29, 0.717) is 6.54 Å². The topological polar surface area (TPSA) is 61.4 Å². The molecule has 1 atom stereocenters. The third-order valence-electron chi connectivity index (χ3n) is 3.79. The first-order valence-corrected chi connectivity index (χ1v) is 7.11. The number of aliphatic hydroxyl groups is 1. The third-order valence-corrected chi connectivity index (χ3v) is 3.79. The van der Waals surface area contributed by atoms with Crippen LogP contribution in [0.25, 0.3) is 0 Å². The number of hydrogen-bond donors (Lipinski definition) is 3. The van der Waals surface area contributed by atoms with Gasteiger partial charge in [-0.25, -0.2) is 4.79 Å². The van der Waals surface area contributed by atoms with Gasteiger partial charge in [-0.1, -0.05) is 38.1 Å². The van der Waals surface area contributed by atoms with Crippen molar-refractivity contribution in [2.45, 2.75) is 39.7 Å². The van der Waals surface area contributed by atoms with Gasteiger partial charge < -0.3 is 15.7 Å². The zero-order chi connectivity index (χ0) is 15.2. The Kier molecular flexibility index (Phi) is 6.02. The lowest BCUT2D eigenvalue weighted by Crippen LogP contribution is -2.47. The highest BCUT2D eigenvalue weighted by molar-refractivity contribution is 5.73. The van der Waals surface area contributed by atoms with E-state index in [9.17, 15) is 9.90 Å². The fraction of sp³-hybridized carbons (Fsp3) is 0.562. The molecule has 0 fully saturated rings. The van der Waals surface area contributed by atoms with E-state index in [2.05, 4.69) is 29.7 Å². The van der Waals surface area contributed by atoms with Crippen LogP contribution >= 0.6 is 0 Å². The lowest BCUT2D eigenvalue weighted by molar-refractivity contribution is 0.0166. The normalized spacial score (nSPS) is 13.9. The van der Waals surface area contributed by atoms with Crippen molar-refractivity contribution in [3.05, 3.63) is 35.4 Å². The summed E-state index contributed by atoms with van der Waals surface area (Å²) in [6.45, 7) is 8.48. The SMILES string of the molecule is Cc1ccccc1CCNC(=O)NCC(C)(O)C(C)C. The molecule has 4 heteroatoms. The van der Waals surface area contributed by atoms with E-state index in [0.717, 1.165) is 6.42 Å². The average Bonchev–Trinajstić information content (AvgIpc) is 2.38. The van der Waals surface area contributed by atoms with Crippen LogP contribution in [-0.2, 0) is 6.42 Å². The molecule has 0 heterocycles. The van der Waals surface area contributed by atoms with Crippen LogP contribution in [0.5, 0.6) is 0 Å². The summed E-state index contributed by atoms with van der Waals surface area (Å²) in [6.07, 6.45) is 0.806. The first kappa shape index (κ1) is 16.5. The molecular formula is C16H26N2O2. The van der Waals surface area contributed by atoms with Crippen molar-refractivity contribution in [1.82, 2.24) is 10.6 Å². The predicted octanol–water partition coefficient (Wildman–Crippen LogP) is 2.24. The third kappa shape index (κ3) is 5.21. The summed E-state index contributed by atoms with van der Waals surface area (Å²) >= 11 is 0. The molecule has 0 aromatic heterocycles. The Labute approximate surface area is 121 Å². The van der Waals surface area contributed by atoms with E-state index in [4.69, 9.17) is 0 Å². The summed E-state index contributed by atoms with van der Waals surface area (Å²) in [6, 6.07) is 7.91. The van der Waals surface area contributed by atoms with Crippen molar-refractivity contribution >= 4 is 6.03 Å². The number of carbonyl (C=O) groups is 1. The van der Waals surface area contributed by atoms with Gasteiger partial charge in [-0.05, 0) is 37.3 Å². The molecule has 0 aliphatic carbocycles. The maximum atomic E-state index is 11.7. The lowest BCUT2D eigenvalue weighted by Gasteiger charge is -2.27. The first-order valence-electron chi connectivity index (χ1n) is 7.11. The molecule has 0 saturated heterocycles. The maximum absolute atomic E-state index is 11.7. The Morgan fingerprint density at radius 1 is 1.30 bits per heavy atom. The first-order chi connectivity index (χ1) is 9.33.